The number of carbonyl (C=O) groups is 2. The van der Waals surface area contributed by atoms with Gasteiger partial charge < -0.3 is 15.3 Å². The van der Waals surface area contributed by atoms with E-state index in [0.29, 0.717) is 12.5 Å². The molecule has 0 spiro atoms. The standard InChI is InChI=1S/C16H30N2O3/c1-6-13(7-2)18(10-11(3)4)15(21)17-16(5,14(19)20)12-8-9-12/h11-13H,6-10H2,1-5H3,(H,17,21)(H,19,20). The van der Waals surface area contributed by atoms with E-state index >= 15 is 0 Å². The summed E-state index contributed by atoms with van der Waals surface area (Å²) in [5, 5.41) is 12.3. The van der Waals surface area contributed by atoms with Gasteiger partial charge in [0.2, 0.25) is 0 Å². The van der Waals surface area contributed by atoms with Gasteiger partial charge in [0.05, 0.1) is 0 Å². The van der Waals surface area contributed by atoms with E-state index < -0.39 is 11.5 Å². The number of aliphatic carboxylic acids is 1. The lowest BCUT2D eigenvalue weighted by atomic mass is 9.96. The Morgan fingerprint density at radius 2 is 1.81 bits per heavy atom. The number of carbonyl (C=O) groups excluding carboxylic acids is 1. The summed E-state index contributed by atoms with van der Waals surface area (Å²) in [7, 11) is 0. The van der Waals surface area contributed by atoms with Crippen LogP contribution in [0.5, 0.6) is 0 Å². The van der Waals surface area contributed by atoms with Gasteiger partial charge in [-0.2, -0.15) is 0 Å². The van der Waals surface area contributed by atoms with Crippen LogP contribution < -0.4 is 5.32 Å². The van der Waals surface area contributed by atoms with Crippen molar-refractivity contribution in [3.05, 3.63) is 0 Å². The second kappa shape index (κ2) is 7.14. The fraction of sp³-hybridized carbons (Fsp3) is 0.875. The van der Waals surface area contributed by atoms with Crippen LogP contribution in [0.1, 0.15) is 60.3 Å². The van der Waals surface area contributed by atoms with E-state index in [2.05, 4.69) is 33.0 Å². The summed E-state index contributed by atoms with van der Waals surface area (Å²) < 4.78 is 0. The average molecular weight is 298 g/mol. The summed E-state index contributed by atoms with van der Waals surface area (Å²) in [6.45, 7) is 10.5. The summed E-state index contributed by atoms with van der Waals surface area (Å²) in [4.78, 5) is 26.0. The second-order valence-electron chi connectivity index (χ2n) is 6.73. The summed E-state index contributed by atoms with van der Waals surface area (Å²) in [5.41, 5.74) is -1.14. The summed E-state index contributed by atoms with van der Waals surface area (Å²) in [6, 6.07) is -0.0844. The zero-order chi connectivity index (χ0) is 16.2. The maximum absolute atomic E-state index is 12.6. The molecule has 2 amide bonds. The number of hydrogen-bond acceptors (Lipinski definition) is 2. The van der Waals surface area contributed by atoms with Crippen LogP contribution in [-0.2, 0) is 4.79 Å². The zero-order valence-electron chi connectivity index (χ0n) is 14.0. The van der Waals surface area contributed by atoms with Crippen LogP contribution in [0, 0.1) is 11.8 Å². The Labute approximate surface area is 128 Å². The van der Waals surface area contributed by atoms with Crippen molar-refractivity contribution in [3.8, 4) is 0 Å². The van der Waals surface area contributed by atoms with Crippen LogP contribution >= 0.6 is 0 Å². The van der Waals surface area contributed by atoms with Gasteiger partial charge in [0.15, 0.2) is 0 Å². The van der Waals surface area contributed by atoms with Gasteiger partial charge in [-0.1, -0.05) is 27.7 Å². The first kappa shape index (κ1) is 17.8. The van der Waals surface area contributed by atoms with Gasteiger partial charge in [-0.05, 0) is 44.4 Å². The van der Waals surface area contributed by atoms with Crippen molar-refractivity contribution in [1.82, 2.24) is 10.2 Å². The molecule has 1 aliphatic rings. The number of carboxylic acids is 1. The first-order chi connectivity index (χ1) is 9.76. The van der Waals surface area contributed by atoms with E-state index in [-0.39, 0.29) is 18.0 Å². The van der Waals surface area contributed by atoms with Crippen molar-refractivity contribution >= 4 is 12.0 Å². The SMILES string of the molecule is CCC(CC)N(CC(C)C)C(=O)NC(C)(C(=O)O)C1CC1. The molecule has 122 valence electrons. The summed E-state index contributed by atoms with van der Waals surface area (Å²) in [6.07, 6.45) is 3.50. The van der Waals surface area contributed by atoms with Gasteiger partial charge in [-0.15, -0.1) is 0 Å². The van der Waals surface area contributed by atoms with E-state index in [1.54, 1.807) is 6.92 Å². The number of rotatable bonds is 8. The number of urea groups is 1. The number of amides is 2. The molecule has 0 aromatic carbocycles. The van der Waals surface area contributed by atoms with E-state index in [4.69, 9.17) is 0 Å². The Morgan fingerprint density at radius 3 is 2.14 bits per heavy atom. The lowest BCUT2D eigenvalue weighted by Crippen LogP contribution is -2.59. The van der Waals surface area contributed by atoms with Gasteiger partial charge in [0, 0.05) is 12.6 Å². The minimum Gasteiger partial charge on any atom is -0.480 e. The van der Waals surface area contributed by atoms with Crippen LogP contribution in [-0.4, -0.2) is 40.1 Å². The molecular formula is C16H30N2O3. The third kappa shape index (κ3) is 4.35. The number of carboxylic acid groups (broad SMARTS) is 1. The molecule has 1 aliphatic carbocycles. The molecule has 2 N–H and O–H groups in total. The molecule has 1 unspecified atom stereocenters. The Hall–Kier alpha value is -1.26. The molecule has 1 fully saturated rings. The van der Waals surface area contributed by atoms with Crippen LogP contribution in [0.4, 0.5) is 4.79 Å². The maximum atomic E-state index is 12.6. The van der Waals surface area contributed by atoms with Crippen LogP contribution in [0.2, 0.25) is 0 Å². The highest BCUT2D eigenvalue weighted by Gasteiger charge is 2.49. The minimum atomic E-state index is -1.14. The molecule has 1 saturated carbocycles. The highest BCUT2D eigenvalue weighted by Crippen LogP contribution is 2.39. The van der Waals surface area contributed by atoms with Crippen molar-refractivity contribution in [2.45, 2.75) is 71.9 Å². The van der Waals surface area contributed by atoms with Gasteiger partial charge in [0.25, 0.3) is 0 Å². The van der Waals surface area contributed by atoms with Gasteiger partial charge in [-0.3, -0.25) is 0 Å². The van der Waals surface area contributed by atoms with Crippen molar-refractivity contribution in [2.24, 2.45) is 11.8 Å². The Kier molecular flexibility index (Phi) is 6.05. The van der Waals surface area contributed by atoms with Gasteiger partial charge in [-0.25, -0.2) is 9.59 Å². The van der Waals surface area contributed by atoms with Gasteiger partial charge in [0.1, 0.15) is 5.54 Å². The van der Waals surface area contributed by atoms with Crippen molar-refractivity contribution in [3.63, 3.8) is 0 Å². The van der Waals surface area contributed by atoms with Crippen LogP contribution in [0.25, 0.3) is 0 Å². The molecule has 1 atom stereocenters. The maximum Gasteiger partial charge on any atom is 0.329 e. The fourth-order valence-electron chi connectivity index (χ4n) is 2.81. The summed E-state index contributed by atoms with van der Waals surface area (Å²) >= 11 is 0. The molecule has 0 heterocycles. The average Bonchev–Trinajstić information content (AvgIpc) is 3.22. The van der Waals surface area contributed by atoms with Crippen molar-refractivity contribution < 1.29 is 14.7 Å². The molecule has 5 nitrogen and oxygen atoms in total. The fourth-order valence-corrected chi connectivity index (χ4v) is 2.81. The Bertz CT molecular complexity index is 376. The highest BCUT2D eigenvalue weighted by molar-refractivity contribution is 5.86. The Morgan fingerprint density at radius 1 is 1.29 bits per heavy atom. The van der Waals surface area contributed by atoms with E-state index in [1.165, 1.54) is 0 Å². The third-order valence-electron chi connectivity index (χ3n) is 4.41. The number of nitrogens with zero attached hydrogens (tertiary/aromatic N) is 1. The summed E-state index contributed by atoms with van der Waals surface area (Å²) in [5.74, 6) is -0.526. The predicted octanol–water partition coefficient (Wildman–Crippen LogP) is 3.10. The molecular weight excluding hydrogens is 268 g/mol. The number of nitrogens with one attached hydrogen (secondary N) is 1. The highest BCUT2D eigenvalue weighted by atomic mass is 16.4. The molecule has 5 heteroatoms. The first-order valence-corrected chi connectivity index (χ1v) is 8.08. The van der Waals surface area contributed by atoms with E-state index in [9.17, 15) is 14.7 Å². The van der Waals surface area contributed by atoms with Crippen LogP contribution in [0.15, 0.2) is 0 Å². The van der Waals surface area contributed by atoms with Crippen molar-refractivity contribution in [2.75, 3.05) is 6.54 Å². The minimum absolute atomic E-state index is 0.0570. The topological polar surface area (TPSA) is 69.6 Å². The Balaban J connectivity index is 2.86. The quantitative estimate of drug-likeness (QED) is 0.723. The second-order valence-corrected chi connectivity index (χ2v) is 6.73. The smallest absolute Gasteiger partial charge is 0.329 e. The molecule has 0 aliphatic heterocycles. The molecule has 0 bridgehead atoms. The third-order valence-corrected chi connectivity index (χ3v) is 4.41. The zero-order valence-corrected chi connectivity index (χ0v) is 14.0. The molecule has 1 rings (SSSR count). The largest absolute Gasteiger partial charge is 0.480 e. The van der Waals surface area contributed by atoms with Gasteiger partial charge >= 0.3 is 12.0 Å². The molecule has 0 radical (unpaired) electrons. The lowest BCUT2D eigenvalue weighted by molar-refractivity contribution is -0.144. The lowest BCUT2D eigenvalue weighted by Gasteiger charge is -2.36. The van der Waals surface area contributed by atoms with Crippen LogP contribution in [0.3, 0.4) is 0 Å². The molecule has 21 heavy (non-hydrogen) atoms. The predicted molar refractivity (Wildman–Crippen MR) is 83.2 cm³/mol. The van der Waals surface area contributed by atoms with E-state index in [1.807, 2.05) is 4.90 Å². The first-order valence-electron chi connectivity index (χ1n) is 8.08. The number of hydrogen-bond donors (Lipinski definition) is 2. The molecule has 0 aromatic heterocycles. The monoisotopic (exact) mass is 298 g/mol. The molecule has 0 aromatic rings. The molecule has 0 saturated heterocycles. The van der Waals surface area contributed by atoms with E-state index in [0.717, 1.165) is 25.7 Å². The normalized spacial score (nSPS) is 17.7. The van der Waals surface area contributed by atoms with Crippen molar-refractivity contribution in [1.29, 1.82) is 0 Å².